The largest absolute Gasteiger partial charge is 0.396 e. The van der Waals surface area contributed by atoms with Crippen LogP contribution in [0.1, 0.15) is 38.2 Å². The van der Waals surface area contributed by atoms with Gasteiger partial charge < -0.3 is 15.3 Å². The van der Waals surface area contributed by atoms with E-state index >= 15 is 0 Å². The summed E-state index contributed by atoms with van der Waals surface area (Å²) in [6, 6.07) is 6.59. The number of rotatable bonds is 7. The Kier molecular flexibility index (Phi) is 7.00. The number of piperidine rings is 1. The monoisotopic (exact) mass is 354 g/mol. The smallest absolute Gasteiger partial charge is 0.0434 e. The summed E-state index contributed by atoms with van der Waals surface area (Å²) in [6.07, 6.45) is 4.55. The SMILES string of the molecule is CCCNCc1ccc(Br)cc1N1CCCC(CCO)C1. The first-order chi connectivity index (χ1) is 10.2. The molecule has 1 heterocycles. The molecule has 118 valence electrons. The van der Waals surface area contributed by atoms with Crippen molar-refractivity contribution in [3.63, 3.8) is 0 Å². The maximum absolute atomic E-state index is 9.18. The zero-order valence-electron chi connectivity index (χ0n) is 12.9. The summed E-state index contributed by atoms with van der Waals surface area (Å²) in [7, 11) is 0. The van der Waals surface area contributed by atoms with Crippen LogP contribution in [0.15, 0.2) is 22.7 Å². The van der Waals surface area contributed by atoms with Gasteiger partial charge in [-0.2, -0.15) is 0 Å². The molecule has 0 bridgehead atoms. The Hall–Kier alpha value is -0.580. The fourth-order valence-electron chi connectivity index (χ4n) is 3.08. The summed E-state index contributed by atoms with van der Waals surface area (Å²) in [5.41, 5.74) is 2.71. The standard InChI is InChI=1S/C17H27BrN2O/c1-2-8-19-12-15-5-6-16(18)11-17(15)20-9-3-4-14(13-20)7-10-21/h5-6,11,14,19,21H,2-4,7-10,12-13H2,1H3. The van der Waals surface area contributed by atoms with Gasteiger partial charge in [-0.05, 0) is 55.8 Å². The second kappa shape index (κ2) is 8.76. The molecule has 0 radical (unpaired) electrons. The Labute approximate surface area is 136 Å². The number of nitrogens with zero attached hydrogens (tertiary/aromatic N) is 1. The molecule has 1 aliphatic heterocycles. The van der Waals surface area contributed by atoms with Crippen molar-refractivity contribution in [3.8, 4) is 0 Å². The fraction of sp³-hybridized carbons (Fsp3) is 0.647. The maximum Gasteiger partial charge on any atom is 0.0434 e. The first-order valence-electron chi connectivity index (χ1n) is 8.09. The Morgan fingerprint density at radius 1 is 1.43 bits per heavy atom. The number of aliphatic hydroxyl groups is 1. The zero-order chi connectivity index (χ0) is 15.1. The number of benzene rings is 1. The fourth-order valence-corrected chi connectivity index (χ4v) is 3.43. The number of hydrogen-bond donors (Lipinski definition) is 2. The first kappa shape index (κ1) is 16.8. The number of aliphatic hydroxyl groups excluding tert-OH is 1. The van der Waals surface area contributed by atoms with Crippen molar-refractivity contribution in [2.45, 2.75) is 39.2 Å². The van der Waals surface area contributed by atoms with Crippen LogP contribution >= 0.6 is 15.9 Å². The lowest BCUT2D eigenvalue weighted by atomic mass is 9.94. The van der Waals surface area contributed by atoms with Gasteiger partial charge in [0.05, 0.1) is 0 Å². The van der Waals surface area contributed by atoms with E-state index in [0.717, 1.165) is 43.5 Å². The molecule has 2 N–H and O–H groups in total. The highest BCUT2D eigenvalue weighted by molar-refractivity contribution is 9.10. The number of hydrogen-bond acceptors (Lipinski definition) is 3. The lowest BCUT2D eigenvalue weighted by molar-refractivity contribution is 0.244. The van der Waals surface area contributed by atoms with Crippen LogP contribution in [-0.2, 0) is 6.54 Å². The normalized spacial score (nSPS) is 19.0. The maximum atomic E-state index is 9.18. The second-order valence-corrected chi connectivity index (χ2v) is 6.83. The Morgan fingerprint density at radius 2 is 2.29 bits per heavy atom. The van der Waals surface area contributed by atoms with Crippen LogP contribution in [0.3, 0.4) is 0 Å². The molecule has 0 saturated carbocycles. The van der Waals surface area contributed by atoms with Gasteiger partial charge in [0, 0.05) is 36.4 Å². The van der Waals surface area contributed by atoms with Crippen LogP contribution in [0.2, 0.25) is 0 Å². The van der Waals surface area contributed by atoms with Crippen LogP contribution in [0.25, 0.3) is 0 Å². The number of anilines is 1. The minimum atomic E-state index is 0.307. The number of halogens is 1. The van der Waals surface area contributed by atoms with Gasteiger partial charge in [-0.3, -0.25) is 0 Å². The topological polar surface area (TPSA) is 35.5 Å². The molecule has 21 heavy (non-hydrogen) atoms. The van der Waals surface area contributed by atoms with E-state index < -0.39 is 0 Å². The summed E-state index contributed by atoms with van der Waals surface area (Å²) >= 11 is 3.60. The molecule has 1 atom stereocenters. The highest BCUT2D eigenvalue weighted by Crippen LogP contribution is 2.30. The lowest BCUT2D eigenvalue weighted by Crippen LogP contribution is -2.36. The molecule has 3 nitrogen and oxygen atoms in total. The zero-order valence-corrected chi connectivity index (χ0v) is 14.5. The van der Waals surface area contributed by atoms with E-state index in [1.165, 1.54) is 24.1 Å². The van der Waals surface area contributed by atoms with Gasteiger partial charge in [-0.25, -0.2) is 0 Å². The molecular weight excluding hydrogens is 328 g/mol. The van der Waals surface area contributed by atoms with Gasteiger partial charge in [0.2, 0.25) is 0 Å². The minimum absolute atomic E-state index is 0.307. The van der Waals surface area contributed by atoms with Crippen molar-refractivity contribution in [2.75, 3.05) is 31.1 Å². The summed E-state index contributed by atoms with van der Waals surface area (Å²) in [4.78, 5) is 2.50. The Morgan fingerprint density at radius 3 is 3.05 bits per heavy atom. The van der Waals surface area contributed by atoms with Gasteiger partial charge in [0.1, 0.15) is 0 Å². The third-order valence-electron chi connectivity index (χ3n) is 4.19. The highest BCUT2D eigenvalue weighted by Gasteiger charge is 2.21. The molecule has 0 spiro atoms. The predicted molar refractivity (Wildman–Crippen MR) is 92.8 cm³/mol. The molecule has 1 aromatic rings. The van der Waals surface area contributed by atoms with Crippen molar-refractivity contribution in [1.82, 2.24) is 5.32 Å². The van der Waals surface area contributed by atoms with Crippen molar-refractivity contribution >= 4 is 21.6 Å². The molecule has 1 unspecified atom stereocenters. The summed E-state index contributed by atoms with van der Waals surface area (Å²) in [5.74, 6) is 0.624. The van der Waals surface area contributed by atoms with Crippen LogP contribution in [0.4, 0.5) is 5.69 Å². The molecule has 0 aromatic heterocycles. The predicted octanol–water partition coefficient (Wildman–Crippen LogP) is 3.55. The van der Waals surface area contributed by atoms with E-state index in [0.29, 0.717) is 12.5 Å². The molecule has 1 aliphatic rings. The molecule has 0 amide bonds. The van der Waals surface area contributed by atoms with E-state index in [2.05, 4.69) is 51.3 Å². The Bertz CT molecular complexity index is 437. The minimum Gasteiger partial charge on any atom is -0.396 e. The molecule has 2 rings (SSSR count). The van der Waals surface area contributed by atoms with E-state index in [4.69, 9.17) is 0 Å². The van der Waals surface area contributed by atoms with E-state index in [9.17, 15) is 5.11 Å². The third-order valence-corrected chi connectivity index (χ3v) is 4.68. The van der Waals surface area contributed by atoms with E-state index in [-0.39, 0.29) is 0 Å². The Balaban J connectivity index is 2.10. The van der Waals surface area contributed by atoms with Crippen LogP contribution in [0, 0.1) is 5.92 Å². The molecule has 0 aliphatic carbocycles. The average Bonchev–Trinajstić information content (AvgIpc) is 2.49. The third kappa shape index (κ3) is 4.97. The summed E-state index contributed by atoms with van der Waals surface area (Å²) in [6.45, 7) is 6.68. The van der Waals surface area contributed by atoms with Crippen molar-refractivity contribution < 1.29 is 5.11 Å². The summed E-state index contributed by atoms with van der Waals surface area (Å²) < 4.78 is 1.14. The van der Waals surface area contributed by atoms with Crippen LogP contribution in [0.5, 0.6) is 0 Å². The number of nitrogens with one attached hydrogen (secondary N) is 1. The van der Waals surface area contributed by atoms with Crippen molar-refractivity contribution in [2.24, 2.45) is 5.92 Å². The van der Waals surface area contributed by atoms with Gasteiger partial charge in [0.15, 0.2) is 0 Å². The molecular formula is C17H27BrN2O. The highest BCUT2D eigenvalue weighted by atomic mass is 79.9. The van der Waals surface area contributed by atoms with Crippen LogP contribution < -0.4 is 10.2 Å². The van der Waals surface area contributed by atoms with Gasteiger partial charge in [-0.1, -0.05) is 28.9 Å². The summed E-state index contributed by atoms with van der Waals surface area (Å²) in [5, 5.41) is 12.7. The second-order valence-electron chi connectivity index (χ2n) is 5.92. The quantitative estimate of drug-likeness (QED) is 0.735. The van der Waals surface area contributed by atoms with E-state index in [1.807, 2.05) is 0 Å². The van der Waals surface area contributed by atoms with Gasteiger partial charge >= 0.3 is 0 Å². The van der Waals surface area contributed by atoms with Gasteiger partial charge in [0.25, 0.3) is 0 Å². The molecule has 1 fully saturated rings. The first-order valence-corrected chi connectivity index (χ1v) is 8.88. The average molecular weight is 355 g/mol. The van der Waals surface area contributed by atoms with Crippen molar-refractivity contribution in [1.29, 1.82) is 0 Å². The van der Waals surface area contributed by atoms with E-state index in [1.54, 1.807) is 0 Å². The molecule has 1 saturated heterocycles. The van der Waals surface area contributed by atoms with Crippen LogP contribution in [-0.4, -0.2) is 31.3 Å². The molecule has 4 heteroatoms. The molecule has 1 aromatic carbocycles. The van der Waals surface area contributed by atoms with Gasteiger partial charge in [-0.15, -0.1) is 0 Å². The van der Waals surface area contributed by atoms with Crippen molar-refractivity contribution in [3.05, 3.63) is 28.2 Å². The lowest BCUT2D eigenvalue weighted by Gasteiger charge is -2.35.